The largest absolute Gasteiger partial charge is 1.00 e. The molecular formula is C34H34BrFN3O2PS. The zero-order valence-corrected chi connectivity index (χ0v) is 27.8. The molecule has 5 rings (SSSR count). The number of benzene rings is 4. The van der Waals surface area contributed by atoms with Crippen LogP contribution in [0.3, 0.4) is 0 Å². The van der Waals surface area contributed by atoms with Gasteiger partial charge in [0.15, 0.2) is 0 Å². The first-order valence-corrected chi connectivity index (χ1v) is 17.6. The lowest BCUT2D eigenvalue weighted by Crippen LogP contribution is -3.00. The average Bonchev–Trinajstić information content (AvgIpc) is 3.00. The van der Waals surface area contributed by atoms with E-state index in [2.05, 4.69) is 86.6 Å². The first-order valence-electron chi connectivity index (χ1n) is 13.8. The molecule has 1 heterocycles. The van der Waals surface area contributed by atoms with Gasteiger partial charge in [-0.3, -0.25) is 0 Å². The lowest BCUT2D eigenvalue weighted by molar-refractivity contribution is -0.0000116. The highest BCUT2D eigenvalue weighted by molar-refractivity contribution is 7.95. The summed E-state index contributed by atoms with van der Waals surface area (Å²) < 4.78 is 40.3. The Morgan fingerprint density at radius 3 is 1.58 bits per heavy atom. The summed E-state index contributed by atoms with van der Waals surface area (Å²) in [7, 11) is -4.53. The number of aromatic nitrogens is 2. The molecule has 5 aromatic rings. The Morgan fingerprint density at radius 2 is 1.19 bits per heavy atom. The molecule has 0 saturated heterocycles. The minimum Gasteiger partial charge on any atom is -1.00 e. The summed E-state index contributed by atoms with van der Waals surface area (Å²) in [5.74, 6) is -0.308. The molecule has 0 radical (unpaired) electrons. The van der Waals surface area contributed by atoms with Crippen molar-refractivity contribution in [3.05, 3.63) is 132 Å². The summed E-state index contributed by atoms with van der Waals surface area (Å²) in [6.07, 6.45) is 1.72. The van der Waals surface area contributed by atoms with E-state index in [1.165, 1.54) is 35.1 Å². The summed E-state index contributed by atoms with van der Waals surface area (Å²) in [4.78, 5) is 9.77. The number of anilines is 1. The fourth-order valence-electron chi connectivity index (χ4n) is 5.26. The molecule has 5 nitrogen and oxygen atoms in total. The van der Waals surface area contributed by atoms with Crippen molar-refractivity contribution in [3.63, 3.8) is 0 Å². The van der Waals surface area contributed by atoms with Gasteiger partial charge in [-0.2, -0.15) is 0 Å². The highest BCUT2D eigenvalue weighted by Crippen LogP contribution is 2.59. The smallest absolute Gasteiger partial charge is 0.239 e. The van der Waals surface area contributed by atoms with Gasteiger partial charge in [0.1, 0.15) is 35.2 Å². The minimum absolute atomic E-state index is 0. The Kier molecular flexibility index (Phi) is 10.2. The summed E-state index contributed by atoms with van der Waals surface area (Å²) in [5.41, 5.74) is 2.99. The van der Waals surface area contributed by atoms with Gasteiger partial charge in [0.05, 0.1) is 17.6 Å². The summed E-state index contributed by atoms with van der Waals surface area (Å²) in [6.45, 7) is 4.11. The van der Waals surface area contributed by atoms with Crippen LogP contribution >= 0.6 is 7.26 Å². The van der Waals surface area contributed by atoms with Crippen LogP contribution < -0.4 is 37.2 Å². The third-order valence-corrected chi connectivity index (χ3v) is 12.9. The summed E-state index contributed by atoms with van der Waals surface area (Å²) in [6, 6.07) is 37.8. The van der Waals surface area contributed by atoms with Crippen LogP contribution in [0, 0.1) is 5.82 Å². The van der Waals surface area contributed by atoms with Crippen molar-refractivity contribution in [1.29, 1.82) is 0 Å². The van der Waals surface area contributed by atoms with Crippen LogP contribution in [-0.2, 0) is 16.2 Å². The quantitative estimate of drug-likeness (QED) is 0.225. The van der Waals surface area contributed by atoms with E-state index >= 15 is 0 Å². The molecule has 1 aromatic heterocycles. The van der Waals surface area contributed by atoms with E-state index in [9.17, 15) is 12.8 Å². The van der Waals surface area contributed by atoms with Gasteiger partial charge in [0.2, 0.25) is 16.0 Å². The molecule has 0 fully saturated rings. The van der Waals surface area contributed by atoms with Gasteiger partial charge in [0.25, 0.3) is 0 Å². The lowest BCUT2D eigenvalue weighted by atomic mass is 9.99. The van der Waals surface area contributed by atoms with E-state index in [4.69, 9.17) is 9.97 Å². The molecule has 0 unspecified atom stereocenters. The van der Waals surface area contributed by atoms with E-state index in [1.54, 1.807) is 12.1 Å². The van der Waals surface area contributed by atoms with E-state index in [0.717, 1.165) is 21.8 Å². The van der Waals surface area contributed by atoms with Crippen molar-refractivity contribution >= 4 is 39.1 Å². The van der Waals surface area contributed by atoms with Gasteiger partial charge in [-0.1, -0.05) is 68.4 Å². The second-order valence-electron chi connectivity index (χ2n) is 10.6. The lowest BCUT2D eigenvalue weighted by Gasteiger charge is -2.30. The predicted molar refractivity (Wildman–Crippen MR) is 174 cm³/mol. The monoisotopic (exact) mass is 677 g/mol. The zero-order valence-electron chi connectivity index (χ0n) is 24.5. The third kappa shape index (κ3) is 6.72. The van der Waals surface area contributed by atoms with Crippen molar-refractivity contribution in [2.24, 2.45) is 0 Å². The Hall–Kier alpha value is -3.45. The maximum atomic E-state index is 14.1. The van der Waals surface area contributed by atoms with Crippen LogP contribution in [-0.4, -0.2) is 31.7 Å². The van der Waals surface area contributed by atoms with Gasteiger partial charge in [-0.05, 0) is 66.6 Å². The molecule has 0 aliphatic rings. The zero-order chi connectivity index (χ0) is 29.9. The number of sulfonamides is 1. The fraction of sp³-hybridized carbons (Fsp3) is 0.176. The first kappa shape index (κ1) is 32.5. The van der Waals surface area contributed by atoms with E-state index < -0.39 is 17.3 Å². The van der Waals surface area contributed by atoms with Crippen LogP contribution in [0.15, 0.2) is 115 Å². The third-order valence-electron chi connectivity index (χ3n) is 7.46. The molecule has 9 heteroatoms. The van der Waals surface area contributed by atoms with Crippen molar-refractivity contribution < 1.29 is 29.8 Å². The molecular weight excluding hydrogens is 644 g/mol. The maximum Gasteiger partial charge on any atom is 0.239 e. The number of nitrogens with zero attached hydrogens (tertiary/aromatic N) is 3. The number of halogens is 2. The number of hydrogen-bond donors (Lipinski definition) is 0. The van der Waals surface area contributed by atoms with Crippen LogP contribution in [0.2, 0.25) is 0 Å². The number of rotatable bonds is 9. The van der Waals surface area contributed by atoms with E-state index in [1.807, 2.05) is 18.2 Å². The molecule has 43 heavy (non-hydrogen) atoms. The van der Waals surface area contributed by atoms with Crippen molar-refractivity contribution in [3.8, 4) is 11.3 Å². The first-order chi connectivity index (χ1) is 20.1. The Balaban J connectivity index is 0.00000423. The summed E-state index contributed by atoms with van der Waals surface area (Å²) >= 11 is 0. The average molecular weight is 679 g/mol. The summed E-state index contributed by atoms with van der Waals surface area (Å²) in [5, 5.41) is 3.62. The topological polar surface area (TPSA) is 63.2 Å². The van der Waals surface area contributed by atoms with Crippen molar-refractivity contribution in [2.75, 3.05) is 17.6 Å². The van der Waals surface area contributed by atoms with E-state index in [-0.39, 0.29) is 34.7 Å². The highest BCUT2D eigenvalue weighted by Gasteiger charge is 2.47. The molecule has 222 valence electrons. The Labute approximate surface area is 265 Å². The van der Waals surface area contributed by atoms with Gasteiger partial charge in [-0.25, -0.2) is 27.1 Å². The van der Waals surface area contributed by atoms with Crippen LogP contribution in [0.25, 0.3) is 11.3 Å². The van der Waals surface area contributed by atoms with Crippen LogP contribution in [0.4, 0.5) is 10.3 Å². The second-order valence-corrected chi connectivity index (χ2v) is 16.1. The Morgan fingerprint density at radius 1 is 0.744 bits per heavy atom. The standard InChI is InChI=1S/C34H34FN3O2PS.BrH/c1-25(2)32-31(33(26-20-22-27(35)23-21-26)37-34(36-32)38(3)42(4,39)40)24-41(28-14-8-5-9-15-28,29-16-10-6-11-17-29)30-18-12-7-13-19-30;/h5-23,25H,24H2,1-4H3;1H/q+1;/p-1. The fourth-order valence-corrected chi connectivity index (χ4v) is 9.91. The Bertz CT molecular complexity index is 1680. The van der Waals surface area contributed by atoms with Gasteiger partial charge in [0, 0.05) is 18.2 Å². The SMILES string of the molecule is CC(C)c1nc(N(C)S(C)(=O)=O)nc(-c2ccc(F)cc2)c1C[P+](c1ccccc1)(c1ccccc1)c1ccccc1.[Br-]. The normalized spacial score (nSPS) is 11.7. The van der Waals surface area contributed by atoms with Gasteiger partial charge >= 0.3 is 0 Å². The minimum atomic E-state index is -3.63. The molecule has 0 spiro atoms. The van der Waals surface area contributed by atoms with Crippen molar-refractivity contribution in [2.45, 2.75) is 25.9 Å². The molecule has 0 saturated carbocycles. The maximum absolute atomic E-state index is 14.1. The molecule has 0 N–H and O–H groups in total. The second kappa shape index (κ2) is 13.5. The van der Waals surface area contributed by atoms with Crippen molar-refractivity contribution in [1.82, 2.24) is 9.97 Å². The van der Waals surface area contributed by atoms with E-state index in [0.29, 0.717) is 17.4 Å². The molecule has 0 bridgehead atoms. The molecule has 4 aromatic carbocycles. The molecule has 0 atom stereocenters. The van der Waals surface area contributed by atoms with Crippen LogP contribution in [0.5, 0.6) is 0 Å². The highest BCUT2D eigenvalue weighted by atomic mass is 79.9. The van der Waals surface area contributed by atoms with Gasteiger partial charge < -0.3 is 17.0 Å². The molecule has 0 aliphatic heterocycles. The predicted octanol–water partition coefficient (Wildman–Crippen LogP) is 3.30. The van der Waals surface area contributed by atoms with Gasteiger partial charge in [-0.15, -0.1) is 0 Å². The number of hydrogen-bond acceptors (Lipinski definition) is 4. The molecule has 0 aliphatic carbocycles. The van der Waals surface area contributed by atoms with Crippen LogP contribution in [0.1, 0.15) is 31.0 Å². The molecule has 0 amide bonds.